The Morgan fingerprint density at radius 3 is 2.82 bits per heavy atom. The van der Waals surface area contributed by atoms with Crippen LogP contribution in [0.1, 0.15) is 38.2 Å². The first kappa shape index (κ1) is 12.4. The topological polar surface area (TPSA) is 21.3 Å². The lowest BCUT2D eigenvalue weighted by Crippen LogP contribution is -2.31. The van der Waals surface area contributed by atoms with Gasteiger partial charge in [0.15, 0.2) is 0 Å². The quantitative estimate of drug-likeness (QED) is 0.842. The SMILES string of the molecule is COc1cccc(CN[C@H](C)C2CCCC2)c1. The van der Waals surface area contributed by atoms with E-state index in [0.717, 1.165) is 18.2 Å². The highest BCUT2D eigenvalue weighted by molar-refractivity contribution is 5.28. The summed E-state index contributed by atoms with van der Waals surface area (Å²) in [5.41, 5.74) is 1.30. The molecule has 0 saturated heterocycles. The van der Waals surface area contributed by atoms with Gasteiger partial charge in [-0.2, -0.15) is 0 Å². The Labute approximate surface area is 104 Å². The summed E-state index contributed by atoms with van der Waals surface area (Å²) >= 11 is 0. The number of ether oxygens (including phenoxy) is 1. The van der Waals surface area contributed by atoms with Crippen molar-refractivity contribution in [1.82, 2.24) is 5.32 Å². The maximum absolute atomic E-state index is 5.23. The molecule has 0 aromatic heterocycles. The fourth-order valence-corrected chi connectivity index (χ4v) is 2.69. The molecule has 1 saturated carbocycles. The van der Waals surface area contributed by atoms with Gasteiger partial charge >= 0.3 is 0 Å². The van der Waals surface area contributed by atoms with Gasteiger partial charge in [-0.1, -0.05) is 25.0 Å². The molecular weight excluding hydrogens is 210 g/mol. The van der Waals surface area contributed by atoms with Gasteiger partial charge in [-0.3, -0.25) is 0 Å². The van der Waals surface area contributed by atoms with Crippen molar-refractivity contribution in [3.05, 3.63) is 29.8 Å². The average molecular weight is 233 g/mol. The molecule has 1 aromatic rings. The molecule has 94 valence electrons. The zero-order chi connectivity index (χ0) is 12.1. The van der Waals surface area contributed by atoms with Crippen molar-refractivity contribution in [3.63, 3.8) is 0 Å². The monoisotopic (exact) mass is 233 g/mol. The van der Waals surface area contributed by atoms with Crippen molar-refractivity contribution in [1.29, 1.82) is 0 Å². The number of methoxy groups -OCH3 is 1. The zero-order valence-corrected chi connectivity index (χ0v) is 10.9. The molecule has 2 nitrogen and oxygen atoms in total. The van der Waals surface area contributed by atoms with E-state index >= 15 is 0 Å². The zero-order valence-electron chi connectivity index (χ0n) is 10.9. The lowest BCUT2D eigenvalue weighted by molar-refractivity contribution is 0.379. The van der Waals surface area contributed by atoms with E-state index < -0.39 is 0 Å². The predicted octanol–water partition coefficient (Wildman–Crippen LogP) is 3.36. The standard InChI is InChI=1S/C15H23NO/c1-12(14-7-3-4-8-14)16-11-13-6-5-9-15(10-13)17-2/h5-6,9-10,12,14,16H,3-4,7-8,11H2,1-2H3/t12-/m1/s1. The molecular formula is C15H23NO. The minimum absolute atomic E-state index is 0.628. The summed E-state index contributed by atoms with van der Waals surface area (Å²) in [4.78, 5) is 0. The molecule has 1 N–H and O–H groups in total. The molecule has 2 rings (SSSR count). The van der Waals surface area contributed by atoms with Crippen molar-refractivity contribution in [2.45, 2.75) is 45.2 Å². The summed E-state index contributed by atoms with van der Waals surface area (Å²) in [6, 6.07) is 8.93. The third kappa shape index (κ3) is 3.47. The van der Waals surface area contributed by atoms with Crippen LogP contribution in [0.15, 0.2) is 24.3 Å². The van der Waals surface area contributed by atoms with Gasteiger partial charge in [-0.25, -0.2) is 0 Å². The molecule has 0 bridgehead atoms. The summed E-state index contributed by atoms with van der Waals surface area (Å²) in [6.07, 6.45) is 5.62. The van der Waals surface area contributed by atoms with Crippen LogP contribution < -0.4 is 10.1 Å². The van der Waals surface area contributed by atoms with E-state index in [4.69, 9.17) is 4.74 Å². The fraction of sp³-hybridized carbons (Fsp3) is 0.600. The Balaban J connectivity index is 1.83. The lowest BCUT2D eigenvalue weighted by atomic mass is 9.99. The van der Waals surface area contributed by atoms with Crippen LogP contribution in [0.2, 0.25) is 0 Å². The number of hydrogen-bond acceptors (Lipinski definition) is 2. The van der Waals surface area contributed by atoms with Crippen molar-refractivity contribution in [3.8, 4) is 5.75 Å². The largest absolute Gasteiger partial charge is 0.497 e. The Hall–Kier alpha value is -1.02. The molecule has 0 aliphatic heterocycles. The van der Waals surface area contributed by atoms with Crippen LogP contribution in [-0.2, 0) is 6.54 Å². The summed E-state index contributed by atoms with van der Waals surface area (Å²) in [7, 11) is 1.72. The van der Waals surface area contributed by atoms with E-state index in [0.29, 0.717) is 6.04 Å². The first-order valence-electron chi connectivity index (χ1n) is 6.66. The number of hydrogen-bond donors (Lipinski definition) is 1. The van der Waals surface area contributed by atoms with Gasteiger partial charge in [-0.15, -0.1) is 0 Å². The first-order chi connectivity index (χ1) is 8.29. The number of nitrogens with one attached hydrogen (secondary N) is 1. The van der Waals surface area contributed by atoms with E-state index in [1.165, 1.54) is 31.2 Å². The predicted molar refractivity (Wildman–Crippen MR) is 71.3 cm³/mol. The Morgan fingerprint density at radius 2 is 2.12 bits per heavy atom. The fourth-order valence-electron chi connectivity index (χ4n) is 2.69. The minimum Gasteiger partial charge on any atom is -0.497 e. The highest BCUT2D eigenvalue weighted by Gasteiger charge is 2.20. The summed E-state index contributed by atoms with van der Waals surface area (Å²) in [5, 5.41) is 3.64. The van der Waals surface area contributed by atoms with Gasteiger partial charge in [-0.05, 0) is 43.4 Å². The summed E-state index contributed by atoms with van der Waals surface area (Å²) in [5.74, 6) is 1.82. The molecule has 1 aliphatic carbocycles. The van der Waals surface area contributed by atoms with Crippen LogP contribution in [0.4, 0.5) is 0 Å². The van der Waals surface area contributed by atoms with Crippen LogP contribution >= 0.6 is 0 Å². The second-order valence-corrected chi connectivity index (χ2v) is 5.07. The average Bonchev–Trinajstić information content (AvgIpc) is 2.90. The molecule has 0 radical (unpaired) electrons. The number of benzene rings is 1. The summed E-state index contributed by atoms with van der Waals surface area (Å²) in [6.45, 7) is 3.25. The van der Waals surface area contributed by atoms with Crippen molar-refractivity contribution in [2.75, 3.05) is 7.11 Å². The third-order valence-corrected chi connectivity index (χ3v) is 3.87. The third-order valence-electron chi connectivity index (χ3n) is 3.87. The molecule has 1 atom stereocenters. The van der Waals surface area contributed by atoms with Gasteiger partial charge in [0.05, 0.1) is 7.11 Å². The maximum atomic E-state index is 5.23. The molecule has 17 heavy (non-hydrogen) atoms. The second kappa shape index (κ2) is 6.06. The van der Waals surface area contributed by atoms with Gasteiger partial charge < -0.3 is 10.1 Å². The van der Waals surface area contributed by atoms with Crippen molar-refractivity contribution >= 4 is 0 Å². The highest BCUT2D eigenvalue weighted by atomic mass is 16.5. The molecule has 0 amide bonds. The van der Waals surface area contributed by atoms with Gasteiger partial charge in [0.2, 0.25) is 0 Å². The number of rotatable bonds is 5. The molecule has 0 heterocycles. The maximum Gasteiger partial charge on any atom is 0.119 e. The molecule has 1 aromatic carbocycles. The van der Waals surface area contributed by atoms with Gasteiger partial charge in [0.1, 0.15) is 5.75 Å². The van der Waals surface area contributed by atoms with Gasteiger partial charge in [0.25, 0.3) is 0 Å². The lowest BCUT2D eigenvalue weighted by Gasteiger charge is -2.20. The van der Waals surface area contributed by atoms with Crippen LogP contribution in [0.3, 0.4) is 0 Å². The Bertz CT molecular complexity index is 345. The van der Waals surface area contributed by atoms with E-state index in [-0.39, 0.29) is 0 Å². The molecule has 0 spiro atoms. The van der Waals surface area contributed by atoms with E-state index in [1.54, 1.807) is 7.11 Å². The molecule has 1 aliphatic rings. The second-order valence-electron chi connectivity index (χ2n) is 5.07. The smallest absolute Gasteiger partial charge is 0.119 e. The van der Waals surface area contributed by atoms with E-state index in [1.807, 2.05) is 6.07 Å². The van der Waals surface area contributed by atoms with E-state index in [9.17, 15) is 0 Å². The van der Waals surface area contributed by atoms with Crippen LogP contribution in [0.5, 0.6) is 5.75 Å². The summed E-state index contributed by atoms with van der Waals surface area (Å²) < 4.78 is 5.23. The van der Waals surface area contributed by atoms with Crippen LogP contribution in [0, 0.1) is 5.92 Å². The minimum atomic E-state index is 0.628. The van der Waals surface area contributed by atoms with Crippen molar-refractivity contribution < 1.29 is 4.74 Å². The molecule has 1 fully saturated rings. The Kier molecular flexibility index (Phi) is 4.43. The van der Waals surface area contributed by atoms with Crippen molar-refractivity contribution in [2.24, 2.45) is 5.92 Å². The normalized spacial score (nSPS) is 18.2. The van der Waals surface area contributed by atoms with Gasteiger partial charge in [0, 0.05) is 12.6 Å². The van der Waals surface area contributed by atoms with E-state index in [2.05, 4.69) is 30.4 Å². The molecule has 0 unspecified atom stereocenters. The highest BCUT2D eigenvalue weighted by Crippen LogP contribution is 2.27. The van der Waals surface area contributed by atoms with Crippen LogP contribution in [-0.4, -0.2) is 13.2 Å². The first-order valence-corrected chi connectivity index (χ1v) is 6.66. The Morgan fingerprint density at radius 1 is 1.35 bits per heavy atom. The van der Waals surface area contributed by atoms with Crippen LogP contribution in [0.25, 0.3) is 0 Å². The molecule has 2 heteroatoms.